The van der Waals surface area contributed by atoms with Crippen molar-refractivity contribution < 1.29 is 22.8 Å². The van der Waals surface area contributed by atoms with Gasteiger partial charge in [-0.15, -0.1) is 11.3 Å². The normalized spacial score (nSPS) is 20.1. The lowest BCUT2D eigenvalue weighted by Gasteiger charge is -2.29. The number of nitrogens with one attached hydrogen (secondary N) is 2. The van der Waals surface area contributed by atoms with Crippen LogP contribution < -0.4 is 10.6 Å². The molecule has 7 nitrogen and oxygen atoms in total. The number of hydrogen-bond acceptors (Lipinski definition) is 5. The molecule has 2 N–H and O–H groups in total. The number of rotatable bonds is 10. The molecular weight excluding hydrogens is 527 g/mol. The van der Waals surface area contributed by atoms with E-state index in [-0.39, 0.29) is 41.7 Å². The fourth-order valence-corrected chi connectivity index (χ4v) is 6.71. The molecule has 2 aliphatic carbocycles. The highest BCUT2D eigenvalue weighted by Gasteiger charge is 2.37. The third-order valence-corrected chi connectivity index (χ3v) is 9.28. The summed E-state index contributed by atoms with van der Waals surface area (Å²) in [6.07, 6.45) is 6.56. The number of thiophene rings is 1. The van der Waals surface area contributed by atoms with E-state index in [0.717, 1.165) is 77.4 Å². The zero-order valence-electron chi connectivity index (χ0n) is 22.3. The van der Waals surface area contributed by atoms with E-state index in [4.69, 9.17) is 0 Å². The van der Waals surface area contributed by atoms with Crippen LogP contribution in [0.15, 0.2) is 17.5 Å². The molecule has 0 aromatic carbocycles. The van der Waals surface area contributed by atoms with Crippen LogP contribution in [-0.2, 0) is 11.0 Å². The highest BCUT2D eigenvalue weighted by molar-refractivity contribution is 7.10. The van der Waals surface area contributed by atoms with Gasteiger partial charge in [0.2, 0.25) is 5.91 Å². The fraction of sp³-hybridized carbons (Fsp3) is 0.679. The topological polar surface area (TPSA) is 79.3 Å². The first-order chi connectivity index (χ1) is 18.8. The molecule has 0 spiro atoms. The van der Waals surface area contributed by atoms with Gasteiger partial charge in [0.1, 0.15) is 4.88 Å². The van der Waals surface area contributed by atoms with Crippen molar-refractivity contribution in [2.24, 2.45) is 0 Å². The smallest absolute Gasteiger partial charge is 0.353 e. The molecule has 1 atom stereocenters. The Kier molecular flexibility index (Phi) is 8.96. The maximum absolute atomic E-state index is 13.8. The van der Waals surface area contributed by atoms with Gasteiger partial charge in [-0.2, -0.15) is 18.3 Å². The minimum absolute atomic E-state index is 0.0364. The van der Waals surface area contributed by atoms with Crippen molar-refractivity contribution in [1.29, 1.82) is 0 Å². The summed E-state index contributed by atoms with van der Waals surface area (Å²) in [5.41, 5.74) is 0.485. The maximum Gasteiger partial charge on any atom is 0.426 e. The number of nitrogens with zero attached hydrogens (tertiary/aromatic N) is 3. The van der Waals surface area contributed by atoms with Crippen molar-refractivity contribution >= 4 is 23.2 Å². The van der Waals surface area contributed by atoms with Gasteiger partial charge in [-0.05, 0) is 82.0 Å². The predicted octanol–water partition coefficient (Wildman–Crippen LogP) is 5.78. The lowest BCUT2D eigenvalue weighted by molar-refractivity contribution is -0.133. The Balaban J connectivity index is 1.34. The number of aromatic nitrogens is 2. The maximum atomic E-state index is 13.8. The van der Waals surface area contributed by atoms with Crippen molar-refractivity contribution in [2.75, 3.05) is 19.6 Å². The minimum Gasteiger partial charge on any atom is -0.353 e. The monoisotopic (exact) mass is 565 g/mol. The third-order valence-electron chi connectivity index (χ3n) is 8.32. The summed E-state index contributed by atoms with van der Waals surface area (Å²) in [6.45, 7) is 2.83. The van der Waals surface area contributed by atoms with Gasteiger partial charge in [0.25, 0.3) is 5.91 Å². The van der Waals surface area contributed by atoms with Gasteiger partial charge in [-0.1, -0.05) is 19.3 Å². The molecule has 2 saturated carbocycles. The van der Waals surface area contributed by atoms with Crippen LogP contribution in [0.3, 0.4) is 0 Å². The number of amides is 2. The Labute approximate surface area is 231 Å². The molecule has 1 unspecified atom stereocenters. The molecule has 2 amide bonds. The number of alkyl halides is 3. The van der Waals surface area contributed by atoms with Crippen molar-refractivity contribution in [1.82, 2.24) is 25.3 Å². The zero-order chi connectivity index (χ0) is 27.4. The highest BCUT2D eigenvalue weighted by atomic mass is 32.1. The average Bonchev–Trinajstić information content (AvgIpc) is 3.64. The van der Waals surface area contributed by atoms with E-state index in [0.29, 0.717) is 23.5 Å². The number of carbonyl (C=O) groups is 2. The third kappa shape index (κ3) is 7.03. The predicted molar refractivity (Wildman–Crippen MR) is 145 cm³/mol. The van der Waals surface area contributed by atoms with Gasteiger partial charge in [0.05, 0.1) is 11.7 Å². The van der Waals surface area contributed by atoms with E-state index >= 15 is 0 Å². The molecule has 3 fully saturated rings. The van der Waals surface area contributed by atoms with Crippen LogP contribution in [0.2, 0.25) is 0 Å². The highest BCUT2D eigenvalue weighted by Crippen LogP contribution is 2.43. The van der Waals surface area contributed by atoms with Crippen LogP contribution in [0.5, 0.6) is 0 Å². The quantitative estimate of drug-likeness (QED) is 0.383. The van der Waals surface area contributed by atoms with Gasteiger partial charge in [-0.25, -0.2) is 0 Å². The van der Waals surface area contributed by atoms with E-state index in [2.05, 4.69) is 20.6 Å². The summed E-state index contributed by atoms with van der Waals surface area (Å²) in [7, 11) is 0. The molecule has 1 saturated heterocycles. The zero-order valence-corrected chi connectivity index (χ0v) is 23.1. The summed E-state index contributed by atoms with van der Waals surface area (Å²) < 4.78 is 42.9. The van der Waals surface area contributed by atoms with Crippen LogP contribution in [0.1, 0.15) is 98.5 Å². The largest absolute Gasteiger partial charge is 0.426 e. The van der Waals surface area contributed by atoms with Crippen molar-refractivity contribution in [3.05, 3.63) is 28.1 Å². The molecule has 2 aromatic heterocycles. The summed E-state index contributed by atoms with van der Waals surface area (Å²) >= 11 is 0.653. The summed E-state index contributed by atoms with van der Waals surface area (Å²) in [6, 6.07) is 2.75. The molecule has 5 rings (SSSR count). The van der Waals surface area contributed by atoms with Crippen molar-refractivity contribution in [3.8, 4) is 11.3 Å². The second kappa shape index (κ2) is 12.4. The molecule has 11 heteroatoms. The van der Waals surface area contributed by atoms with Crippen molar-refractivity contribution in [3.63, 3.8) is 0 Å². The molecule has 1 aliphatic heterocycles. The summed E-state index contributed by atoms with van der Waals surface area (Å²) in [4.78, 5) is 27.9. The van der Waals surface area contributed by atoms with Gasteiger partial charge in [0, 0.05) is 30.6 Å². The number of hydrogen-bond donors (Lipinski definition) is 2. The van der Waals surface area contributed by atoms with Crippen LogP contribution in [0.4, 0.5) is 13.2 Å². The van der Waals surface area contributed by atoms with Gasteiger partial charge < -0.3 is 15.5 Å². The lowest BCUT2D eigenvalue weighted by Crippen LogP contribution is -2.45. The first-order valence-electron chi connectivity index (χ1n) is 14.3. The van der Waals surface area contributed by atoms with Crippen molar-refractivity contribution in [2.45, 2.75) is 101 Å². The number of likely N-dealkylation sites (tertiary alicyclic amines) is 1. The van der Waals surface area contributed by atoms with Crippen LogP contribution >= 0.6 is 11.3 Å². The SMILES string of the molecule is O=C(CC(CCN1CCCCC1)NC(=O)c1cc(-c2ccsc2C(F)(F)F)n(C2CCCC2)n1)NC1CCC1. The fourth-order valence-electron chi connectivity index (χ4n) is 5.93. The minimum atomic E-state index is -4.48. The molecule has 0 bridgehead atoms. The first kappa shape index (κ1) is 28.1. The van der Waals surface area contributed by atoms with E-state index in [9.17, 15) is 22.8 Å². The number of halogens is 3. The summed E-state index contributed by atoms with van der Waals surface area (Å²) in [5.74, 6) is -0.522. The number of piperidine rings is 1. The Morgan fingerprint density at radius 2 is 1.79 bits per heavy atom. The Morgan fingerprint density at radius 1 is 1.05 bits per heavy atom. The second-order valence-electron chi connectivity index (χ2n) is 11.2. The van der Waals surface area contributed by atoms with E-state index in [1.54, 1.807) is 4.68 Å². The Hall–Kier alpha value is -2.40. The van der Waals surface area contributed by atoms with Gasteiger partial charge in [0.15, 0.2) is 5.69 Å². The molecule has 3 heterocycles. The molecule has 3 aliphatic rings. The molecule has 0 radical (unpaired) electrons. The van der Waals surface area contributed by atoms with Gasteiger partial charge in [-0.3, -0.25) is 14.3 Å². The number of carbonyl (C=O) groups excluding carboxylic acids is 2. The van der Waals surface area contributed by atoms with Crippen LogP contribution in [0, 0.1) is 0 Å². The summed E-state index contributed by atoms with van der Waals surface area (Å²) in [5, 5.41) is 12.1. The van der Waals surface area contributed by atoms with E-state index in [1.165, 1.54) is 23.9 Å². The molecule has 2 aromatic rings. The Bertz CT molecular complexity index is 1130. The molecular formula is C28H38F3N5O2S. The van der Waals surface area contributed by atoms with E-state index in [1.807, 2.05) is 0 Å². The first-order valence-corrected chi connectivity index (χ1v) is 15.2. The van der Waals surface area contributed by atoms with E-state index < -0.39 is 17.0 Å². The molecule has 39 heavy (non-hydrogen) atoms. The molecule has 214 valence electrons. The van der Waals surface area contributed by atoms with Crippen LogP contribution in [0.25, 0.3) is 11.3 Å². The average molecular weight is 566 g/mol. The standard InChI is InChI=1S/C28H38F3N5O2S/c29-28(30,31)26-22(12-16-39-26)24-18-23(34-36(24)21-9-2-3-10-21)27(38)33-20(11-15-35-13-4-1-5-14-35)17-25(37)32-19-7-6-8-19/h12,16,18-21H,1-11,13-15,17H2,(H,32,37)(H,33,38). The van der Waals surface area contributed by atoms with Gasteiger partial charge >= 0.3 is 6.18 Å². The second-order valence-corrected chi connectivity index (χ2v) is 12.1. The van der Waals surface area contributed by atoms with Crippen LogP contribution in [-0.4, -0.2) is 58.2 Å². The Morgan fingerprint density at radius 3 is 2.46 bits per heavy atom. The lowest BCUT2D eigenvalue weighted by atomic mass is 9.93.